The third-order valence-corrected chi connectivity index (χ3v) is 4.93. The number of hydrogen-bond donors (Lipinski definition) is 0. The third kappa shape index (κ3) is 3.29. The highest BCUT2D eigenvalue weighted by Gasteiger charge is 2.27. The molecule has 0 spiro atoms. The fourth-order valence-corrected chi connectivity index (χ4v) is 3.60. The van der Waals surface area contributed by atoms with Crippen molar-refractivity contribution in [2.24, 2.45) is 0 Å². The van der Waals surface area contributed by atoms with Crippen LogP contribution in [-0.4, -0.2) is 38.6 Å². The minimum Gasteiger partial charge on any atom is -0.347 e. The second kappa shape index (κ2) is 6.70. The first-order valence-corrected chi connectivity index (χ1v) is 8.82. The van der Waals surface area contributed by atoms with Crippen molar-refractivity contribution in [3.63, 3.8) is 0 Å². The topological polar surface area (TPSA) is 64.2 Å². The number of piperidine rings is 1. The van der Waals surface area contributed by atoms with E-state index in [0.29, 0.717) is 25.4 Å². The Morgan fingerprint density at radius 2 is 2.20 bits per heavy atom. The van der Waals surface area contributed by atoms with Crippen LogP contribution in [0.5, 0.6) is 0 Å². The summed E-state index contributed by atoms with van der Waals surface area (Å²) >= 11 is 0. The molecule has 1 amide bonds. The number of carbonyl (C=O) groups excluding carboxylic acids is 1. The molecule has 6 nitrogen and oxygen atoms in total. The van der Waals surface area contributed by atoms with Gasteiger partial charge in [-0.25, -0.2) is 0 Å². The molecule has 3 heterocycles. The maximum Gasteiger partial charge on any atom is 0.224 e. The van der Waals surface area contributed by atoms with Crippen LogP contribution in [0.25, 0.3) is 10.9 Å². The van der Waals surface area contributed by atoms with Crippen LogP contribution < -0.4 is 0 Å². The van der Waals surface area contributed by atoms with Gasteiger partial charge in [-0.05, 0) is 30.4 Å². The molecule has 0 aliphatic carbocycles. The van der Waals surface area contributed by atoms with E-state index in [4.69, 9.17) is 4.52 Å². The summed E-state index contributed by atoms with van der Waals surface area (Å²) in [6, 6.07) is 10.3. The van der Waals surface area contributed by atoms with E-state index in [2.05, 4.69) is 39.1 Å². The summed E-state index contributed by atoms with van der Waals surface area (Å²) in [5.74, 6) is 1.69. The van der Waals surface area contributed by atoms with Crippen LogP contribution in [0.3, 0.4) is 0 Å². The Balaban J connectivity index is 1.39. The molecule has 4 rings (SSSR count). The van der Waals surface area contributed by atoms with Crippen LogP contribution in [0.2, 0.25) is 0 Å². The van der Waals surface area contributed by atoms with Gasteiger partial charge in [0.25, 0.3) is 0 Å². The normalized spacial score (nSPS) is 18.0. The molecule has 0 N–H and O–H groups in total. The zero-order valence-corrected chi connectivity index (χ0v) is 14.4. The van der Waals surface area contributed by atoms with Gasteiger partial charge in [-0.15, -0.1) is 0 Å². The standard InChI is InChI=1S/C19H22N4O2/c1-14-20-19(21-25-14)16-6-4-10-23(13-16)18(24)9-12-22-11-8-15-5-2-3-7-17(15)22/h2-3,5,7-8,11,16H,4,6,9-10,12-13H2,1H3/t16-/m1/s1. The second-order valence-electron chi connectivity index (χ2n) is 6.67. The zero-order valence-electron chi connectivity index (χ0n) is 14.4. The lowest BCUT2D eigenvalue weighted by molar-refractivity contribution is -0.132. The molecule has 130 valence electrons. The van der Waals surface area contributed by atoms with Gasteiger partial charge >= 0.3 is 0 Å². The molecule has 1 aliphatic heterocycles. The van der Waals surface area contributed by atoms with Crippen LogP contribution in [0, 0.1) is 6.92 Å². The van der Waals surface area contributed by atoms with Crippen LogP contribution in [0.1, 0.15) is 36.9 Å². The second-order valence-corrected chi connectivity index (χ2v) is 6.67. The Morgan fingerprint density at radius 3 is 3.04 bits per heavy atom. The van der Waals surface area contributed by atoms with Gasteiger partial charge in [0, 0.05) is 50.6 Å². The summed E-state index contributed by atoms with van der Waals surface area (Å²) < 4.78 is 7.23. The van der Waals surface area contributed by atoms with Crippen molar-refractivity contribution in [2.45, 2.75) is 38.6 Å². The molecule has 0 radical (unpaired) electrons. The number of carbonyl (C=O) groups is 1. The fourth-order valence-electron chi connectivity index (χ4n) is 3.60. The van der Waals surface area contributed by atoms with Crippen molar-refractivity contribution >= 4 is 16.8 Å². The van der Waals surface area contributed by atoms with Crippen molar-refractivity contribution in [1.82, 2.24) is 19.6 Å². The zero-order chi connectivity index (χ0) is 17.2. The first-order valence-electron chi connectivity index (χ1n) is 8.82. The van der Waals surface area contributed by atoms with E-state index < -0.39 is 0 Å². The minimum atomic E-state index is 0.183. The van der Waals surface area contributed by atoms with Crippen LogP contribution in [-0.2, 0) is 11.3 Å². The summed E-state index contributed by atoms with van der Waals surface area (Å²) in [5.41, 5.74) is 1.18. The molecule has 1 aromatic carbocycles. The molecule has 3 aromatic rings. The molecule has 0 saturated carbocycles. The van der Waals surface area contributed by atoms with E-state index in [1.807, 2.05) is 17.0 Å². The summed E-state index contributed by atoms with van der Waals surface area (Å²) in [6.07, 6.45) is 4.55. The maximum absolute atomic E-state index is 12.7. The lowest BCUT2D eigenvalue weighted by atomic mass is 9.97. The Labute approximate surface area is 146 Å². The molecule has 25 heavy (non-hydrogen) atoms. The van der Waals surface area contributed by atoms with Crippen LogP contribution in [0.15, 0.2) is 41.1 Å². The molecule has 6 heteroatoms. The van der Waals surface area contributed by atoms with Crippen molar-refractivity contribution in [2.75, 3.05) is 13.1 Å². The molecular formula is C19H22N4O2. The van der Waals surface area contributed by atoms with Gasteiger partial charge in [-0.3, -0.25) is 4.79 Å². The van der Waals surface area contributed by atoms with Gasteiger partial charge in [0.05, 0.1) is 0 Å². The maximum atomic E-state index is 12.7. The first kappa shape index (κ1) is 15.9. The molecule has 1 saturated heterocycles. The number of aromatic nitrogens is 3. The van der Waals surface area contributed by atoms with E-state index in [9.17, 15) is 4.79 Å². The number of para-hydroxylation sites is 1. The highest BCUT2D eigenvalue weighted by Crippen LogP contribution is 2.25. The molecule has 0 bridgehead atoms. The smallest absolute Gasteiger partial charge is 0.224 e. The number of hydrogen-bond acceptors (Lipinski definition) is 4. The number of fused-ring (bicyclic) bond motifs is 1. The number of aryl methyl sites for hydroxylation is 2. The predicted octanol–water partition coefficient (Wildman–Crippen LogP) is 3.13. The van der Waals surface area contributed by atoms with E-state index in [0.717, 1.165) is 25.2 Å². The van der Waals surface area contributed by atoms with Crippen LogP contribution in [0.4, 0.5) is 0 Å². The van der Waals surface area contributed by atoms with Gasteiger partial charge in [0.15, 0.2) is 5.82 Å². The Kier molecular flexibility index (Phi) is 4.26. The summed E-state index contributed by atoms with van der Waals surface area (Å²) in [4.78, 5) is 18.9. The van der Waals surface area contributed by atoms with Gasteiger partial charge in [0.1, 0.15) is 0 Å². The van der Waals surface area contributed by atoms with Crippen molar-refractivity contribution in [1.29, 1.82) is 0 Å². The Morgan fingerprint density at radius 1 is 1.32 bits per heavy atom. The number of nitrogens with zero attached hydrogens (tertiary/aromatic N) is 4. The Bertz CT molecular complexity index is 882. The van der Waals surface area contributed by atoms with E-state index >= 15 is 0 Å². The lowest BCUT2D eigenvalue weighted by Gasteiger charge is -2.31. The summed E-state index contributed by atoms with van der Waals surface area (Å²) in [5, 5.41) is 5.23. The molecule has 0 unspecified atom stereocenters. The van der Waals surface area contributed by atoms with Gasteiger partial charge in [-0.2, -0.15) is 4.98 Å². The monoisotopic (exact) mass is 338 g/mol. The van der Waals surface area contributed by atoms with Crippen LogP contribution >= 0.6 is 0 Å². The highest BCUT2D eigenvalue weighted by molar-refractivity contribution is 5.80. The van der Waals surface area contributed by atoms with Crippen molar-refractivity contribution in [3.05, 3.63) is 48.2 Å². The molecule has 1 fully saturated rings. The summed E-state index contributed by atoms with van der Waals surface area (Å²) in [7, 11) is 0. The average Bonchev–Trinajstić information content (AvgIpc) is 3.26. The largest absolute Gasteiger partial charge is 0.347 e. The van der Waals surface area contributed by atoms with Crippen molar-refractivity contribution < 1.29 is 9.32 Å². The summed E-state index contributed by atoms with van der Waals surface area (Å²) in [6.45, 7) is 4.00. The SMILES string of the molecule is Cc1nc([C@@H]2CCCN(C(=O)CCn3ccc4ccccc43)C2)no1. The average molecular weight is 338 g/mol. The number of rotatable bonds is 4. The van der Waals surface area contributed by atoms with Crippen molar-refractivity contribution in [3.8, 4) is 0 Å². The lowest BCUT2D eigenvalue weighted by Crippen LogP contribution is -2.39. The van der Waals surface area contributed by atoms with Gasteiger partial charge in [-0.1, -0.05) is 23.4 Å². The number of benzene rings is 1. The molecule has 2 aromatic heterocycles. The highest BCUT2D eigenvalue weighted by atomic mass is 16.5. The third-order valence-electron chi connectivity index (χ3n) is 4.93. The Hall–Kier alpha value is -2.63. The predicted molar refractivity (Wildman–Crippen MR) is 94.1 cm³/mol. The minimum absolute atomic E-state index is 0.183. The molecular weight excluding hydrogens is 316 g/mol. The number of likely N-dealkylation sites (tertiary alicyclic amines) is 1. The number of amides is 1. The molecule has 1 atom stereocenters. The van der Waals surface area contributed by atoms with Gasteiger partial charge in [0.2, 0.25) is 11.8 Å². The quantitative estimate of drug-likeness (QED) is 0.733. The van der Waals surface area contributed by atoms with E-state index in [1.54, 1.807) is 6.92 Å². The van der Waals surface area contributed by atoms with E-state index in [-0.39, 0.29) is 11.8 Å². The van der Waals surface area contributed by atoms with Gasteiger partial charge < -0.3 is 14.0 Å². The molecule has 1 aliphatic rings. The van der Waals surface area contributed by atoms with E-state index in [1.165, 1.54) is 10.9 Å². The first-order chi connectivity index (χ1) is 12.2. The fraction of sp³-hybridized carbons (Fsp3) is 0.421.